The van der Waals surface area contributed by atoms with Gasteiger partial charge < -0.3 is 15.4 Å². The first kappa shape index (κ1) is 16.7. The normalized spacial score (nSPS) is 10.8. The van der Waals surface area contributed by atoms with Crippen molar-refractivity contribution in [1.29, 1.82) is 0 Å². The third-order valence-corrected chi connectivity index (χ3v) is 4.05. The Morgan fingerprint density at radius 3 is 2.62 bits per heavy atom. The first-order valence-electron chi connectivity index (χ1n) is 7.78. The number of methoxy groups -OCH3 is 1. The number of para-hydroxylation sites is 1. The number of halogens is 1. The van der Waals surface area contributed by atoms with E-state index in [-0.39, 0.29) is 0 Å². The number of nitrogens with zero attached hydrogens (tertiary/aromatic N) is 2. The minimum absolute atomic E-state index is 0.574. The van der Waals surface area contributed by atoms with E-state index in [0.29, 0.717) is 5.95 Å². The van der Waals surface area contributed by atoms with Gasteiger partial charge in [-0.15, -0.1) is 0 Å². The Morgan fingerprint density at radius 2 is 1.83 bits per heavy atom. The lowest BCUT2D eigenvalue weighted by Crippen LogP contribution is -2.08. The number of ether oxygens (including phenoxy) is 1. The van der Waals surface area contributed by atoms with Crippen LogP contribution < -0.4 is 10.6 Å². The van der Waals surface area contributed by atoms with Gasteiger partial charge in [-0.1, -0.05) is 28.1 Å². The monoisotopic (exact) mass is 386 g/mol. The molecule has 5 nitrogen and oxygen atoms in total. The van der Waals surface area contributed by atoms with Crippen LogP contribution in [0.2, 0.25) is 0 Å². The lowest BCUT2D eigenvalue weighted by atomic mass is 10.2. The number of fused-ring (bicyclic) bond motifs is 1. The first-order chi connectivity index (χ1) is 11.8. The number of nitrogens with one attached hydrogen (secondary N) is 2. The summed E-state index contributed by atoms with van der Waals surface area (Å²) < 4.78 is 6.13. The molecule has 0 radical (unpaired) electrons. The molecule has 0 spiro atoms. The van der Waals surface area contributed by atoms with Gasteiger partial charge in [0, 0.05) is 35.8 Å². The zero-order valence-corrected chi connectivity index (χ0v) is 15.0. The number of anilines is 3. The smallest absolute Gasteiger partial charge is 0.229 e. The predicted octanol–water partition coefficient (Wildman–Crippen LogP) is 4.58. The molecule has 2 N–H and O–H groups in total. The summed E-state index contributed by atoms with van der Waals surface area (Å²) in [7, 11) is 1.71. The summed E-state index contributed by atoms with van der Waals surface area (Å²) in [5.41, 5.74) is 1.85. The quantitative estimate of drug-likeness (QED) is 0.581. The van der Waals surface area contributed by atoms with Gasteiger partial charge in [0.1, 0.15) is 5.82 Å². The van der Waals surface area contributed by atoms with E-state index < -0.39 is 0 Å². The van der Waals surface area contributed by atoms with E-state index in [0.717, 1.165) is 46.5 Å². The van der Waals surface area contributed by atoms with Gasteiger partial charge in [-0.2, -0.15) is 4.98 Å². The minimum atomic E-state index is 0.574. The maximum atomic E-state index is 5.09. The number of rotatable bonds is 7. The summed E-state index contributed by atoms with van der Waals surface area (Å²) in [5.74, 6) is 1.40. The number of benzene rings is 2. The molecule has 0 saturated heterocycles. The third-order valence-electron chi connectivity index (χ3n) is 3.52. The molecule has 1 heterocycles. The van der Waals surface area contributed by atoms with Crippen molar-refractivity contribution in [2.75, 3.05) is 30.9 Å². The van der Waals surface area contributed by atoms with E-state index in [1.165, 1.54) is 0 Å². The molecule has 0 fully saturated rings. The van der Waals surface area contributed by atoms with Crippen molar-refractivity contribution >= 4 is 44.3 Å². The van der Waals surface area contributed by atoms with Crippen LogP contribution in [0.5, 0.6) is 0 Å². The molecule has 0 amide bonds. The van der Waals surface area contributed by atoms with Crippen molar-refractivity contribution in [3.05, 3.63) is 53.0 Å². The van der Waals surface area contributed by atoms with Crippen LogP contribution in [0.25, 0.3) is 10.9 Å². The van der Waals surface area contributed by atoms with Gasteiger partial charge in [0.25, 0.3) is 0 Å². The SMILES string of the molecule is COCCCNc1nc(Nc2ccc(Br)cc2)nc2ccccc12. The minimum Gasteiger partial charge on any atom is -0.385 e. The molecule has 3 rings (SSSR count). The van der Waals surface area contributed by atoms with Crippen molar-refractivity contribution < 1.29 is 4.74 Å². The van der Waals surface area contributed by atoms with Crippen molar-refractivity contribution in [2.24, 2.45) is 0 Å². The van der Waals surface area contributed by atoms with Crippen LogP contribution in [0.1, 0.15) is 6.42 Å². The summed E-state index contributed by atoms with van der Waals surface area (Å²) >= 11 is 3.44. The highest BCUT2D eigenvalue weighted by atomic mass is 79.9. The van der Waals surface area contributed by atoms with Crippen molar-refractivity contribution in [3.63, 3.8) is 0 Å². The fourth-order valence-corrected chi connectivity index (χ4v) is 2.62. The van der Waals surface area contributed by atoms with Gasteiger partial charge in [-0.05, 0) is 42.8 Å². The first-order valence-corrected chi connectivity index (χ1v) is 8.58. The molecule has 0 unspecified atom stereocenters. The van der Waals surface area contributed by atoms with Crippen LogP contribution in [-0.4, -0.2) is 30.2 Å². The predicted molar refractivity (Wildman–Crippen MR) is 102 cm³/mol. The van der Waals surface area contributed by atoms with E-state index >= 15 is 0 Å². The maximum absolute atomic E-state index is 5.09. The van der Waals surface area contributed by atoms with Crippen molar-refractivity contribution in [3.8, 4) is 0 Å². The van der Waals surface area contributed by atoms with E-state index in [4.69, 9.17) is 4.74 Å². The van der Waals surface area contributed by atoms with Crippen LogP contribution in [0.3, 0.4) is 0 Å². The molecule has 0 aliphatic rings. The van der Waals surface area contributed by atoms with Gasteiger partial charge >= 0.3 is 0 Å². The van der Waals surface area contributed by atoms with Crippen molar-refractivity contribution in [2.45, 2.75) is 6.42 Å². The molecule has 0 aliphatic heterocycles. The molecular weight excluding hydrogens is 368 g/mol. The third kappa shape index (κ3) is 4.21. The van der Waals surface area contributed by atoms with E-state index in [1.807, 2.05) is 48.5 Å². The zero-order chi connectivity index (χ0) is 16.8. The summed E-state index contributed by atoms with van der Waals surface area (Å²) in [6.45, 7) is 1.52. The lowest BCUT2D eigenvalue weighted by molar-refractivity contribution is 0.198. The lowest BCUT2D eigenvalue weighted by Gasteiger charge is -2.12. The Kier molecular flexibility index (Phi) is 5.61. The summed E-state index contributed by atoms with van der Waals surface area (Å²) in [6.07, 6.45) is 0.921. The number of hydrogen-bond donors (Lipinski definition) is 2. The summed E-state index contributed by atoms with van der Waals surface area (Å²) in [4.78, 5) is 9.23. The van der Waals surface area contributed by atoms with Crippen LogP contribution >= 0.6 is 15.9 Å². The second-order valence-corrected chi connectivity index (χ2v) is 6.23. The van der Waals surface area contributed by atoms with Crippen LogP contribution in [-0.2, 0) is 4.74 Å². The zero-order valence-electron chi connectivity index (χ0n) is 13.4. The molecule has 1 aromatic heterocycles. The van der Waals surface area contributed by atoms with Gasteiger partial charge in [0.2, 0.25) is 5.95 Å². The highest BCUT2D eigenvalue weighted by Crippen LogP contribution is 2.24. The van der Waals surface area contributed by atoms with Gasteiger partial charge in [0.15, 0.2) is 0 Å². The second-order valence-electron chi connectivity index (χ2n) is 5.32. The Balaban J connectivity index is 1.86. The topological polar surface area (TPSA) is 59.1 Å². The van der Waals surface area contributed by atoms with Gasteiger partial charge in [-0.3, -0.25) is 0 Å². The molecule has 0 bridgehead atoms. The van der Waals surface area contributed by atoms with E-state index in [2.05, 4.69) is 36.5 Å². The highest BCUT2D eigenvalue weighted by Gasteiger charge is 2.07. The molecule has 24 heavy (non-hydrogen) atoms. The van der Waals surface area contributed by atoms with E-state index in [9.17, 15) is 0 Å². The second kappa shape index (κ2) is 8.08. The Hall–Kier alpha value is -2.18. The van der Waals surface area contributed by atoms with Crippen molar-refractivity contribution in [1.82, 2.24) is 9.97 Å². The van der Waals surface area contributed by atoms with Crippen LogP contribution in [0.4, 0.5) is 17.5 Å². The molecule has 124 valence electrons. The fourth-order valence-electron chi connectivity index (χ4n) is 2.35. The van der Waals surface area contributed by atoms with Crippen LogP contribution in [0.15, 0.2) is 53.0 Å². The van der Waals surface area contributed by atoms with Gasteiger partial charge in [-0.25, -0.2) is 4.98 Å². The molecule has 3 aromatic rings. The van der Waals surface area contributed by atoms with Gasteiger partial charge in [0.05, 0.1) is 5.52 Å². The Morgan fingerprint density at radius 1 is 1.04 bits per heavy atom. The Labute approximate surface area is 149 Å². The van der Waals surface area contributed by atoms with Crippen LogP contribution in [0, 0.1) is 0 Å². The maximum Gasteiger partial charge on any atom is 0.229 e. The standard InChI is InChI=1S/C18H19BrN4O/c1-24-12-4-11-20-17-15-5-2-3-6-16(15)22-18(23-17)21-14-9-7-13(19)8-10-14/h2-3,5-10H,4,11-12H2,1H3,(H2,20,21,22,23). The molecule has 0 saturated carbocycles. The highest BCUT2D eigenvalue weighted by molar-refractivity contribution is 9.10. The average Bonchev–Trinajstić information content (AvgIpc) is 2.60. The molecule has 0 atom stereocenters. The summed E-state index contributed by atoms with van der Waals surface area (Å²) in [5, 5.41) is 7.65. The number of hydrogen-bond acceptors (Lipinski definition) is 5. The molecule has 2 aromatic carbocycles. The molecule has 6 heteroatoms. The van der Waals surface area contributed by atoms with E-state index in [1.54, 1.807) is 7.11 Å². The summed E-state index contributed by atoms with van der Waals surface area (Å²) in [6, 6.07) is 15.9. The number of aromatic nitrogens is 2. The fraction of sp³-hybridized carbons (Fsp3) is 0.222. The molecular formula is C18H19BrN4O. The Bertz CT molecular complexity index is 808. The average molecular weight is 387 g/mol. The largest absolute Gasteiger partial charge is 0.385 e. The molecule has 0 aliphatic carbocycles.